The molecule has 3 rings (SSSR count). The van der Waals surface area contributed by atoms with Gasteiger partial charge in [0.2, 0.25) is 15.9 Å². The van der Waals surface area contributed by atoms with Crippen molar-refractivity contribution in [2.75, 3.05) is 34.1 Å². The number of benzene rings is 2. The predicted molar refractivity (Wildman–Crippen MR) is 139 cm³/mol. The summed E-state index contributed by atoms with van der Waals surface area (Å²) in [4.78, 5) is 12.6. The molecule has 1 aromatic heterocycles. The summed E-state index contributed by atoms with van der Waals surface area (Å²) in [7, 11) is 2.38. The zero-order valence-electron chi connectivity index (χ0n) is 21.4. The molecule has 194 valence electrons. The number of sulfonamides is 1. The van der Waals surface area contributed by atoms with E-state index in [9.17, 15) is 13.2 Å². The number of carbonyl (C=O) groups excluding carboxylic acids is 1. The molecule has 0 aliphatic heterocycles. The number of amides is 1. The second kappa shape index (κ2) is 10.9. The number of methoxy groups -OCH3 is 2. The third-order valence-electron chi connectivity index (χ3n) is 4.98. The molecule has 0 saturated carbocycles. The van der Waals surface area contributed by atoms with Gasteiger partial charge in [0.25, 0.3) is 0 Å². The number of hydrogen-bond acceptors (Lipinski definition) is 8. The minimum atomic E-state index is -3.67. The van der Waals surface area contributed by atoms with E-state index in [2.05, 4.69) is 15.5 Å². The fourth-order valence-electron chi connectivity index (χ4n) is 3.33. The Morgan fingerprint density at radius 3 is 2.42 bits per heavy atom. The Labute approximate surface area is 216 Å². The molecule has 0 aliphatic carbocycles. The van der Waals surface area contributed by atoms with Crippen LogP contribution >= 0.6 is 11.8 Å². The maximum absolute atomic E-state index is 12.7. The molecule has 12 heteroatoms. The number of hydrogen-bond donors (Lipinski definition) is 1. The van der Waals surface area contributed by atoms with Crippen LogP contribution in [0.3, 0.4) is 0 Å². The van der Waals surface area contributed by atoms with Crippen LogP contribution < -0.4 is 14.8 Å². The van der Waals surface area contributed by atoms with Gasteiger partial charge in [-0.15, -0.1) is 10.2 Å². The standard InChI is InChI=1S/C24H31N5O5S2/c1-24(2,3)25-21(30)15-35-23-27-26-22(16-9-8-10-18(13-16)36(31,32)28(4)5)29(23)19-14-17(33-6)11-12-20(19)34-7/h8-14H,15H2,1-7H3,(H,25,30). The highest BCUT2D eigenvalue weighted by atomic mass is 32.2. The normalized spacial score (nSPS) is 12.0. The van der Waals surface area contributed by atoms with Gasteiger partial charge in [-0.05, 0) is 45.0 Å². The minimum absolute atomic E-state index is 0.108. The fourth-order valence-corrected chi connectivity index (χ4v) is 5.02. The zero-order valence-corrected chi connectivity index (χ0v) is 23.0. The Balaban J connectivity index is 2.16. The first-order valence-electron chi connectivity index (χ1n) is 11.0. The molecule has 0 unspecified atom stereocenters. The number of carbonyl (C=O) groups is 1. The smallest absolute Gasteiger partial charge is 0.242 e. The number of ether oxygens (including phenoxy) is 2. The third kappa shape index (κ3) is 6.18. The van der Waals surface area contributed by atoms with E-state index in [1.165, 1.54) is 31.9 Å². The van der Waals surface area contributed by atoms with Gasteiger partial charge in [0.05, 0.1) is 30.6 Å². The predicted octanol–water partition coefficient (Wildman–Crippen LogP) is 3.21. The van der Waals surface area contributed by atoms with Gasteiger partial charge >= 0.3 is 0 Å². The molecule has 1 amide bonds. The summed E-state index contributed by atoms with van der Waals surface area (Å²) >= 11 is 1.21. The molecule has 0 atom stereocenters. The maximum atomic E-state index is 12.7. The average molecular weight is 534 g/mol. The number of nitrogens with zero attached hydrogens (tertiary/aromatic N) is 4. The van der Waals surface area contributed by atoms with E-state index < -0.39 is 10.0 Å². The molecule has 0 aliphatic rings. The minimum Gasteiger partial charge on any atom is -0.497 e. The highest BCUT2D eigenvalue weighted by Gasteiger charge is 2.24. The molecule has 36 heavy (non-hydrogen) atoms. The Bertz CT molecular complexity index is 1350. The lowest BCUT2D eigenvalue weighted by molar-refractivity contribution is -0.119. The molecule has 2 aromatic carbocycles. The van der Waals surface area contributed by atoms with Gasteiger partial charge in [0.15, 0.2) is 11.0 Å². The molecule has 3 aromatic rings. The van der Waals surface area contributed by atoms with Crippen LogP contribution in [0, 0.1) is 0 Å². The van der Waals surface area contributed by atoms with Crippen LogP contribution in [0.2, 0.25) is 0 Å². The van der Waals surface area contributed by atoms with Crippen molar-refractivity contribution in [3.05, 3.63) is 42.5 Å². The van der Waals surface area contributed by atoms with Gasteiger partial charge in [-0.2, -0.15) is 0 Å². The van der Waals surface area contributed by atoms with Crippen molar-refractivity contribution in [3.8, 4) is 28.6 Å². The van der Waals surface area contributed by atoms with E-state index in [-0.39, 0.29) is 22.1 Å². The lowest BCUT2D eigenvalue weighted by Gasteiger charge is -2.20. The first-order chi connectivity index (χ1) is 16.9. The average Bonchev–Trinajstić information content (AvgIpc) is 3.25. The van der Waals surface area contributed by atoms with Gasteiger partial charge in [-0.1, -0.05) is 23.9 Å². The van der Waals surface area contributed by atoms with Crippen LogP contribution in [-0.2, 0) is 14.8 Å². The van der Waals surface area contributed by atoms with E-state index in [1.807, 2.05) is 20.8 Å². The largest absolute Gasteiger partial charge is 0.497 e. The summed E-state index contributed by atoms with van der Waals surface area (Å²) in [5, 5.41) is 12.1. The lowest BCUT2D eigenvalue weighted by atomic mass is 10.1. The first-order valence-corrected chi connectivity index (χ1v) is 13.4. The Morgan fingerprint density at radius 2 is 1.81 bits per heavy atom. The van der Waals surface area contributed by atoms with E-state index in [4.69, 9.17) is 9.47 Å². The summed E-state index contributed by atoms with van der Waals surface area (Å²) in [6, 6.07) is 11.8. The molecule has 10 nitrogen and oxygen atoms in total. The van der Waals surface area contributed by atoms with Crippen molar-refractivity contribution in [1.82, 2.24) is 24.4 Å². The van der Waals surface area contributed by atoms with Gasteiger partial charge in [0, 0.05) is 31.3 Å². The van der Waals surface area contributed by atoms with Crippen LogP contribution in [0.25, 0.3) is 17.1 Å². The number of aromatic nitrogens is 3. The van der Waals surface area contributed by atoms with Crippen LogP contribution in [0.1, 0.15) is 20.8 Å². The molecule has 0 saturated heterocycles. The SMILES string of the molecule is COc1ccc(OC)c(-n2c(SCC(=O)NC(C)(C)C)nnc2-c2cccc(S(=O)(=O)N(C)C)c2)c1. The lowest BCUT2D eigenvalue weighted by Crippen LogP contribution is -2.41. The highest BCUT2D eigenvalue weighted by molar-refractivity contribution is 7.99. The quantitative estimate of drug-likeness (QED) is 0.417. The van der Waals surface area contributed by atoms with Crippen LogP contribution in [0.4, 0.5) is 0 Å². The van der Waals surface area contributed by atoms with Crippen molar-refractivity contribution < 1.29 is 22.7 Å². The Morgan fingerprint density at radius 1 is 1.08 bits per heavy atom. The second-order valence-corrected chi connectivity index (χ2v) is 12.2. The Kier molecular flexibility index (Phi) is 8.32. The van der Waals surface area contributed by atoms with Crippen molar-refractivity contribution >= 4 is 27.7 Å². The molecule has 0 spiro atoms. The van der Waals surface area contributed by atoms with Gasteiger partial charge in [-0.25, -0.2) is 12.7 Å². The maximum Gasteiger partial charge on any atom is 0.242 e. The molecular formula is C24H31N5O5S2. The summed E-state index contributed by atoms with van der Waals surface area (Å²) in [6.45, 7) is 5.73. The fraction of sp³-hybridized carbons (Fsp3) is 0.375. The first kappa shape index (κ1) is 27.5. The Hall–Kier alpha value is -3.09. The number of thioether (sulfide) groups is 1. The van der Waals surface area contributed by atoms with Gasteiger partial charge in [0.1, 0.15) is 11.5 Å². The van der Waals surface area contributed by atoms with E-state index in [1.54, 1.807) is 55.2 Å². The summed E-state index contributed by atoms with van der Waals surface area (Å²) in [6.07, 6.45) is 0. The van der Waals surface area contributed by atoms with Crippen molar-refractivity contribution in [2.24, 2.45) is 0 Å². The molecule has 1 N–H and O–H groups in total. The van der Waals surface area contributed by atoms with Crippen molar-refractivity contribution in [3.63, 3.8) is 0 Å². The number of nitrogens with one attached hydrogen (secondary N) is 1. The van der Waals surface area contributed by atoms with E-state index >= 15 is 0 Å². The molecule has 1 heterocycles. The topological polar surface area (TPSA) is 116 Å². The van der Waals surface area contributed by atoms with Gasteiger partial charge < -0.3 is 14.8 Å². The number of rotatable bonds is 9. The van der Waals surface area contributed by atoms with E-state index in [0.717, 1.165) is 4.31 Å². The van der Waals surface area contributed by atoms with Gasteiger partial charge in [-0.3, -0.25) is 9.36 Å². The van der Waals surface area contributed by atoms with E-state index in [0.29, 0.717) is 33.7 Å². The third-order valence-corrected chi connectivity index (χ3v) is 7.72. The zero-order chi connectivity index (χ0) is 26.7. The summed E-state index contributed by atoms with van der Waals surface area (Å²) in [5.74, 6) is 1.44. The molecule has 0 bridgehead atoms. The molecule has 0 fully saturated rings. The molecular weight excluding hydrogens is 502 g/mol. The van der Waals surface area contributed by atoms with Crippen LogP contribution in [-0.4, -0.2) is 73.0 Å². The molecule has 0 radical (unpaired) electrons. The highest BCUT2D eigenvalue weighted by Crippen LogP contribution is 2.35. The van der Waals surface area contributed by atoms with Crippen molar-refractivity contribution in [2.45, 2.75) is 36.4 Å². The second-order valence-electron chi connectivity index (χ2n) is 9.08. The monoisotopic (exact) mass is 533 g/mol. The van der Waals surface area contributed by atoms with Crippen molar-refractivity contribution in [1.29, 1.82) is 0 Å². The summed E-state index contributed by atoms with van der Waals surface area (Å²) < 4.78 is 39.4. The summed E-state index contributed by atoms with van der Waals surface area (Å²) in [5.41, 5.74) is 0.739. The van der Waals surface area contributed by atoms with Crippen LogP contribution in [0.5, 0.6) is 11.5 Å². The van der Waals surface area contributed by atoms with Crippen LogP contribution in [0.15, 0.2) is 52.5 Å².